The zero-order chi connectivity index (χ0) is 15.2. The van der Waals surface area contributed by atoms with E-state index in [1.165, 1.54) is 10.9 Å². The van der Waals surface area contributed by atoms with Gasteiger partial charge in [0.15, 0.2) is 0 Å². The molecule has 1 aromatic carbocycles. The number of benzene rings is 1. The number of aromatic nitrogens is 1. The molecule has 0 aliphatic rings. The summed E-state index contributed by atoms with van der Waals surface area (Å²) in [7, 11) is 0. The lowest BCUT2D eigenvalue weighted by molar-refractivity contribution is -0.122. The second-order valence-corrected chi connectivity index (χ2v) is 5.35. The van der Waals surface area contributed by atoms with Crippen LogP contribution in [-0.2, 0) is 16.0 Å². The van der Waals surface area contributed by atoms with Crippen LogP contribution in [0.25, 0.3) is 10.9 Å². The van der Waals surface area contributed by atoms with E-state index in [2.05, 4.69) is 16.4 Å². The van der Waals surface area contributed by atoms with E-state index in [4.69, 9.17) is 5.73 Å². The van der Waals surface area contributed by atoms with Gasteiger partial charge in [-0.1, -0.05) is 18.2 Å². The van der Waals surface area contributed by atoms with Crippen LogP contribution in [0.3, 0.4) is 0 Å². The van der Waals surface area contributed by atoms with Crippen LogP contribution in [-0.4, -0.2) is 22.8 Å². The normalized spacial score (nSPS) is 12.2. The number of hydrogen-bond donors (Lipinski definition) is 3. The quantitative estimate of drug-likeness (QED) is 0.726. The Morgan fingerprint density at radius 3 is 2.86 bits per heavy atom. The summed E-state index contributed by atoms with van der Waals surface area (Å²) in [5, 5.41) is 3.99. The molecule has 2 aromatic rings. The van der Waals surface area contributed by atoms with Crippen molar-refractivity contribution in [2.24, 2.45) is 5.73 Å². The van der Waals surface area contributed by atoms with Crippen molar-refractivity contribution in [1.82, 2.24) is 10.3 Å². The van der Waals surface area contributed by atoms with Crippen molar-refractivity contribution < 1.29 is 9.59 Å². The maximum atomic E-state index is 11.8. The number of amides is 2. The molecule has 5 nitrogen and oxygen atoms in total. The second-order valence-electron chi connectivity index (χ2n) is 5.35. The average Bonchev–Trinajstić information content (AvgIpc) is 2.81. The second kappa shape index (κ2) is 6.92. The largest absolute Gasteiger partial charge is 0.370 e. The molecule has 0 radical (unpaired) electrons. The predicted molar refractivity (Wildman–Crippen MR) is 82.7 cm³/mol. The number of hydrogen-bond acceptors (Lipinski definition) is 2. The van der Waals surface area contributed by atoms with Crippen molar-refractivity contribution in [1.29, 1.82) is 0 Å². The molecular weight excluding hydrogens is 266 g/mol. The van der Waals surface area contributed by atoms with E-state index < -0.39 is 5.91 Å². The Hall–Kier alpha value is -2.30. The number of carbonyl (C=O) groups excluding carboxylic acids is 2. The van der Waals surface area contributed by atoms with Crippen molar-refractivity contribution in [3.63, 3.8) is 0 Å². The van der Waals surface area contributed by atoms with Crippen LogP contribution in [0.2, 0.25) is 0 Å². The number of aryl methyl sites for hydroxylation is 1. The molecule has 0 saturated carbocycles. The van der Waals surface area contributed by atoms with Gasteiger partial charge < -0.3 is 16.0 Å². The van der Waals surface area contributed by atoms with Crippen LogP contribution >= 0.6 is 0 Å². The van der Waals surface area contributed by atoms with Gasteiger partial charge in [0.2, 0.25) is 11.8 Å². The molecule has 0 aliphatic carbocycles. The molecule has 112 valence electrons. The highest BCUT2D eigenvalue weighted by atomic mass is 16.2. The maximum absolute atomic E-state index is 11.8. The molecule has 5 heteroatoms. The van der Waals surface area contributed by atoms with E-state index in [9.17, 15) is 9.59 Å². The third kappa shape index (κ3) is 4.34. The number of primary amides is 1. The van der Waals surface area contributed by atoms with Gasteiger partial charge >= 0.3 is 0 Å². The highest BCUT2D eigenvalue weighted by Crippen LogP contribution is 2.19. The number of fused-ring (bicyclic) bond motifs is 1. The average molecular weight is 287 g/mol. The Bertz CT molecular complexity index is 633. The highest BCUT2D eigenvalue weighted by Gasteiger charge is 2.10. The molecule has 1 atom stereocenters. The first kappa shape index (κ1) is 15.1. The van der Waals surface area contributed by atoms with E-state index in [1.54, 1.807) is 6.92 Å². The van der Waals surface area contributed by atoms with E-state index in [0.717, 1.165) is 18.4 Å². The number of nitrogens with two attached hydrogens (primary N) is 1. The molecule has 2 rings (SSSR count). The summed E-state index contributed by atoms with van der Waals surface area (Å²) in [6, 6.07) is 7.92. The zero-order valence-electron chi connectivity index (χ0n) is 12.2. The molecule has 4 N–H and O–H groups in total. The Kier molecular flexibility index (Phi) is 4.98. The minimum Gasteiger partial charge on any atom is -0.370 e. The molecule has 2 amide bonds. The van der Waals surface area contributed by atoms with E-state index >= 15 is 0 Å². The summed E-state index contributed by atoms with van der Waals surface area (Å²) in [5.41, 5.74) is 7.44. The van der Waals surface area contributed by atoms with Gasteiger partial charge in [-0.25, -0.2) is 0 Å². The van der Waals surface area contributed by atoms with Crippen molar-refractivity contribution >= 4 is 22.7 Å². The van der Waals surface area contributed by atoms with E-state index in [-0.39, 0.29) is 18.4 Å². The Morgan fingerprint density at radius 1 is 1.33 bits per heavy atom. The standard InChI is InChI=1S/C16H21N3O2/c1-11(9-15(17)20)19-16(21)8-4-5-12-10-18-14-7-3-2-6-13(12)14/h2-3,6-7,10-11,18H,4-5,8-9H2,1H3,(H2,17,20)(H,19,21). The number of nitrogens with one attached hydrogen (secondary N) is 2. The molecule has 0 saturated heterocycles. The van der Waals surface area contributed by atoms with Crippen LogP contribution in [0.15, 0.2) is 30.5 Å². The SMILES string of the molecule is CC(CC(N)=O)NC(=O)CCCc1c[nH]c2ccccc12. The summed E-state index contributed by atoms with van der Waals surface area (Å²) in [5.74, 6) is -0.440. The third-order valence-electron chi connectivity index (χ3n) is 3.44. The maximum Gasteiger partial charge on any atom is 0.220 e. The lowest BCUT2D eigenvalue weighted by Gasteiger charge is -2.11. The first-order valence-corrected chi connectivity index (χ1v) is 7.19. The predicted octanol–water partition coefficient (Wildman–Crippen LogP) is 1.87. The van der Waals surface area contributed by atoms with Crippen LogP contribution in [0.4, 0.5) is 0 Å². The molecule has 21 heavy (non-hydrogen) atoms. The molecule has 0 fully saturated rings. The zero-order valence-corrected chi connectivity index (χ0v) is 12.2. The topological polar surface area (TPSA) is 88.0 Å². The van der Waals surface area contributed by atoms with Crippen LogP contribution < -0.4 is 11.1 Å². The van der Waals surface area contributed by atoms with Crippen LogP contribution in [0.1, 0.15) is 31.7 Å². The Labute approximate surface area is 123 Å². The number of carbonyl (C=O) groups is 2. The molecule has 0 bridgehead atoms. The Morgan fingerprint density at radius 2 is 2.10 bits per heavy atom. The summed E-state index contributed by atoms with van der Waals surface area (Å²) >= 11 is 0. The van der Waals surface area contributed by atoms with E-state index in [1.807, 2.05) is 24.4 Å². The summed E-state index contributed by atoms with van der Waals surface area (Å²) in [4.78, 5) is 25.7. The molecule has 1 unspecified atom stereocenters. The van der Waals surface area contributed by atoms with Gasteiger partial charge in [-0.15, -0.1) is 0 Å². The minimum atomic E-state index is -0.401. The van der Waals surface area contributed by atoms with Crippen molar-refractivity contribution in [2.75, 3.05) is 0 Å². The fourth-order valence-corrected chi connectivity index (χ4v) is 2.48. The lowest BCUT2D eigenvalue weighted by atomic mass is 10.1. The molecule has 0 spiro atoms. The van der Waals surface area contributed by atoms with Gasteiger partial charge in [0.1, 0.15) is 0 Å². The lowest BCUT2D eigenvalue weighted by Crippen LogP contribution is -2.35. The van der Waals surface area contributed by atoms with Gasteiger partial charge in [-0.3, -0.25) is 9.59 Å². The summed E-state index contributed by atoms with van der Waals surface area (Å²) in [6.07, 6.45) is 4.24. The highest BCUT2D eigenvalue weighted by molar-refractivity contribution is 5.83. The van der Waals surface area contributed by atoms with Crippen LogP contribution in [0, 0.1) is 0 Å². The van der Waals surface area contributed by atoms with Crippen molar-refractivity contribution in [3.05, 3.63) is 36.0 Å². The molecule has 1 heterocycles. The third-order valence-corrected chi connectivity index (χ3v) is 3.44. The van der Waals surface area contributed by atoms with Gasteiger partial charge in [0, 0.05) is 36.0 Å². The molecule has 1 aromatic heterocycles. The van der Waals surface area contributed by atoms with Gasteiger partial charge in [-0.05, 0) is 31.4 Å². The monoisotopic (exact) mass is 287 g/mol. The fourth-order valence-electron chi connectivity index (χ4n) is 2.48. The summed E-state index contributed by atoms with van der Waals surface area (Å²) < 4.78 is 0. The van der Waals surface area contributed by atoms with Crippen molar-refractivity contribution in [2.45, 2.75) is 38.6 Å². The fraction of sp³-hybridized carbons (Fsp3) is 0.375. The minimum absolute atomic E-state index is 0.0383. The van der Waals surface area contributed by atoms with Gasteiger partial charge in [0.25, 0.3) is 0 Å². The summed E-state index contributed by atoms with van der Waals surface area (Å²) in [6.45, 7) is 1.78. The first-order valence-electron chi connectivity index (χ1n) is 7.19. The van der Waals surface area contributed by atoms with Gasteiger partial charge in [-0.2, -0.15) is 0 Å². The molecular formula is C16H21N3O2. The molecule has 0 aliphatic heterocycles. The first-order chi connectivity index (χ1) is 10.1. The number of para-hydroxylation sites is 1. The number of aromatic amines is 1. The Balaban J connectivity index is 1.79. The van der Waals surface area contributed by atoms with Crippen molar-refractivity contribution in [3.8, 4) is 0 Å². The van der Waals surface area contributed by atoms with Gasteiger partial charge in [0.05, 0.1) is 0 Å². The number of rotatable bonds is 7. The van der Waals surface area contributed by atoms with E-state index in [0.29, 0.717) is 6.42 Å². The smallest absolute Gasteiger partial charge is 0.220 e. The number of H-pyrrole nitrogens is 1. The van der Waals surface area contributed by atoms with Crippen LogP contribution in [0.5, 0.6) is 0 Å².